The lowest BCUT2D eigenvalue weighted by Crippen LogP contribution is -2.10. The van der Waals surface area contributed by atoms with Crippen LogP contribution in [0.2, 0.25) is 0 Å². The maximum atomic E-state index is 9.30. The molecule has 0 bridgehead atoms. The van der Waals surface area contributed by atoms with Gasteiger partial charge in [0.05, 0.1) is 0 Å². The molecule has 1 aromatic heterocycles. The molecule has 0 radical (unpaired) electrons. The molecular weight excluding hydrogens is 308 g/mol. The van der Waals surface area contributed by atoms with E-state index in [1.165, 1.54) is 0 Å². The number of ether oxygens (including phenoxy) is 3. The van der Waals surface area contributed by atoms with Crippen molar-refractivity contribution in [3.8, 4) is 17.4 Å². The van der Waals surface area contributed by atoms with Crippen molar-refractivity contribution in [2.24, 2.45) is 0 Å². The molecule has 0 unspecified atom stereocenters. The van der Waals surface area contributed by atoms with Gasteiger partial charge in [0.2, 0.25) is 12.7 Å². The summed E-state index contributed by atoms with van der Waals surface area (Å²) in [7, 11) is 0. The fraction of sp³-hybridized carbons (Fsp3) is 0.444. The number of aromatic nitrogens is 2. The van der Waals surface area contributed by atoms with E-state index in [9.17, 15) is 5.11 Å². The highest BCUT2D eigenvalue weighted by Gasteiger charge is 2.16. The van der Waals surface area contributed by atoms with Gasteiger partial charge in [-0.2, -0.15) is 4.98 Å². The van der Waals surface area contributed by atoms with Gasteiger partial charge in [0.15, 0.2) is 11.5 Å². The molecule has 0 saturated heterocycles. The van der Waals surface area contributed by atoms with E-state index in [-0.39, 0.29) is 19.3 Å². The van der Waals surface area contributed by atoms with Crippen molar-refractivity contribution in [1.82, 2.24) is 9.97 Å². The van der Waals surface area contributed by atoms with Crippen LogP contribution in [0.25, 0.3) is 0 Å². The number of aliphatic hydroxyl groups excluding tert-OH is 1. The van der Waals surface area contributed by atoms with Gasteiger partial charge in [0.25, 0.3) is 0 Å². The van der Waals surface area contributed by atoms with E-state index < -0.39 is 0 Å². The molecule has 0 spiro atoms. The molecule has 0 fully saturated rings. The van der Waals surface area contributed by atoms with E-state index in [2.05, 4.69) is 9.97 Å². The predicted octanol–water partition coefficient (Wildman–Crippen LogP) is 2.75. The van der Waals surface area contributed by atoms with Crippen LogP contribution in [0.3, 0.4) is 0 Å². The number of rotatable bonds is 6. The molecule has 1 aromatic carbocycles. The van der Waals surface area contributed by atoms with E-state index in [1.54, 1.807) is 0 Å². The zero-order valence-corrected chi connectivity index (χ0v) is 14.2. The van der Waals surface area contributed by atoms with Gasteiger partial charge < -0.3 is 19.3 Å². The first kappa shape index (κ1) is 16.5. The maximum absolute atomic E-state index is 9.30. The summed E-state index contributed by atoms with van der Waals surface area (Å²) in [6, 6.07) is 5.72. The summed E-state index contributed by atoms with van der Waals surface area (Å²) in [6.07, 6.45) is 0.473. The standard InChI is InChI=1S/C18H22N2O4/c1-11(2)17-19-12(3)14(6-7-21)18(20-17)22-9-13-4-5-15-16(8-13)24-10-23-15/h4-5,8,11,21H,6-7,9-10H2,1-3H3. The van der Waals surface area contributed by atoms with Crippen LogP contribution in [0.4, 0.5) is 0 Å². The molecule has 0 amide bonds. The molecule has 128 valence electrons. The quantitative estimate of drug-likeness (QED) is 0.878. The maximum Gasteiger partial charge on any atom is 0.231 e. The Balaban J connectivity index is 1.82. The minimum absolute atomic E-state index is 0.0333. The van der Waals surface area contributed by atoms with Gasteiger partial charge in [-0.1, -0.05) is 19.9 Å². The Hall–Kier alpha value is -2.34. The van der Waals surface area contributed by atoms with Crippen molar-refractivity contribution in [2.45, 2.75) is 39.7 Å². The molecule has 6 heteroatoms. The fourth-order valence-corrected chi connectivity index (χ4v) is 2.55. The lowest BCUT2D eigenvalue weighted by atomic mass is 10.1. The minimum atomic E-state index is 0.0333. The summed E-state index contributed by atoms with van der Waals surface area (Å²) >= 11 is 0. The largest absolute Gasteiger partial charge is 0.473 e. The van der Waals surface area contributed by atoms with Crippen molar-refractivity contribution in [3.63, 3.8) is 0 Å². The Morgan fingerprint density at radius 1 is 1.21 bits per heavy atom. The van der Waals surface area contributed by atoms with Crippen LogP contribution in [-0.4, -0.2) is 28.5 Å². The van der Waals surface area contributed by atoms with Crippen LogP contribution in [-0.2, 0) is 13.0 Å². The number of hydrogen-bond donors (Lipinski definition) is 1. The molecule has 3 rings (SSSR count). The Labute approximate surface area is 141 Å². The second-order valence-electron chi connectivity index (χ2n) is 6.06. The van der Waals surface area contributed by atoms with Gasteiger partial charge in [0, 0.05) is 30.2 Å². The lowest BCUT2D eigenvalue weighted by Gasteiger charge is -2.15. The number of nitrogens with zero attached hydrogens (tertiary/aromatic N) is 2. The molecule has 0 saturated carbocycles. The molecule has 1 aliphatic heterocycles. The first-order valence-electron chi connectivity index (χ1n) is 8.08. The molecule has 24 heavy (non-hydrogen) atoms. The topological polar surface area (TPSA) is 73.7 Å². The van der Waals surface area contributed by atoms with Crippen LogP contribution in [0, 0.1) is 6.92 Å². The number of fused-ring (bicyclic) bond motifs is 1. The summed E-state index contributed by atoms with van der Waals surface area (Å²) in [4.78, 5) is 9.05. The molecule has 0 atom stereocenters. The second-order valence-corrected chi connectivity index (χ2v) is 6.06. The average Bonchev–Trinajstić information content (AvgIpc) is 3.02. The smallest absolute Gasteiger partial charge is 0.231 e. The third-order valence-electron chi connectivity index (χ3n) is 3.88. The van der Waals surface area contributed by atoms with Gasteiger partial charge in [-0.05, 0) is 24.6 Å². The normalized spacial score (nSPS) is 12.7. The van der Waals surface area contributed by atoms with Gasteiger partial charge in [-0.15, -0.1) is 0 Å². The molecule has 1 N–H and O–H groups in total. The Bertz CT molecular complexity index is 731. The highest BCUT2D eigenvalue weighted by molar-refractivity contribution is 5.44. The second kappa shape index (κ2) is 7.05. The van der Waals surface area contributed by atoms with E-state index in [0.717, 1.165) is 34.1 Å². The summed E-state index contributed by atoms with van der Waals surface area (Å²) in [5.74, 6) is 2.97. The Morgan fingerprint density at radius 3 is 2.75 bits per heavy atom. The van der Waals surface area contributed by atoms with Gasteiger partial charge in [0.1, 0.15) is 12.4 Å². The van der Waals surface area contributed by atoms with Crippen LogP contribution in [0.5, 0.6) is 17.4 Å². The van der Waals surface area contributed by atoms with Crippen LogP contribution >= 0.6 is 0 Å². The highest BCUT2D eigenvalue weighted by atomic mass is 16.7. The van der Waals surface area contributed by atoms with Gasteiger partial charge >= 0.3 is 0 Å². The summed E-state index contributed by atoms with van der Waals surface area (Å²) in [5.41, 5.74) is 2.67. The average molecular weight is 330 g/mol. The molecule has 2 aromatic rings. The monoisotopic (exact) mass is 330 g/mol. The van der Waals surface area contributed by atoms with Crippen molar-refractivity contribution in [2.75, 3.05) is 13.4 Å². The fourth-order valence-electron chi connectivity index (χ4n) is 2.55. The lowest BCUT2D eigenvalue weighted by molar-refractivity contribution is 0.174. The van der Waals surface area contributed by atoms with Crippen molar-refractivity contribution in [1.29, 1.82) is 0 Å². The Morgan fingerprint density at radius 2 is 2.00 bits per heavy atom. The van der Waals surface area contributed by atoms with E-state index in [1.807, 2.05) is 39.0 Å². The van der Waals surface area contributed by atoms with Crippen LogP contribution < -0.4 is 14.2 Å². The summed E-state index contributed by atoms with van der Waals surface area (Å²) in [6.45, 7) is 6.66. The predicted molar refractivity (Wildman–Crippen MR) is 88.5 cm³/mol. The molecule has 0 aliphatic carbocycles. The summed E-state index contributed by atoms with van der Waals surface area (Å²) in [5, 5.41) is 9.30. The number of benzene rings is 1. The minimum Gasteiger partial charge on any atom is -0.473 e. The zero-order chi connectivity index (χ0) is 17.1. The number of hydrogen-bond acceptors (Lipinski definition) is 6. The van der Waals surface area contributed by atoms with Gasteiger partial charge in [-0.25, -0.2) is 4.98 Å². The zero-order valence-electron chi connectivity index (χ0n) is 14.2. The summed E-state index contributed by atoms with van der Waals surface area (Å²) < 4.78 is 16.6. The number of aryl methyl sites for hydroxylation is 1. The van der Waals surface area contributed by atoms with Crippen molar-refractivity contribution < 1.29 is 19.3 Å². The molecule has 6 nitrogen and oxygen atoms in total. The van der Waals surface area contributed by atoms with Crippen LogP contribution in [0.1, 0.15) is 42.4 Å². The third-order valence-corrected chi connectivity index (χ3v) is 3.88. The molecule has 2 heterocycles. The van der Waals surface area contributed by atoms with E-state index in [4.69, 9.17) is 14.2 Å². The molecule has 1 aliphatic rings. The van der Waals surface area contributed by atoms with Gasteiger partial charge in [-0.3, -0.25) is 0 Å². The third kappa shape index (κ3) is 3.43. The van der Waals surface area contributed by atoms with Crippen molar-refractivity contribution >= 4 is 0 Å². The van der Waals surface area contributed by atoms with E-state index >= 15 is 0 Å². The number of aliphatic hydroxyl groups is 1. The highest BCUT2D eigenvalue weighted by Crippen LogP contribution is 2.33. The van der Waals surface area contributed by atoms with E-state index in [0.29, 0.717) is 18.9 Å². The van der Waals surface area contributed by atoms with Crippen molar-refractivity contribution in [3.05, 3.63) is 40.8 Å². The van der Waals surface area contributed by atoms with Crippen LogP contribution in [0.15, 0.2) is 18.2 Å². The first-order valence-corrected chi connectivity index (χ1v) is 8.08. The first-order chi connectivity index (χ1) is 11.6. The SMILES string of the molecule is Cc1nc(C(C)C)nc(OCc2ccc3c(c2)OCO3)c1CCO. The Kier molecular flexibility index (Phi) is 4.85. The molecular formula is C18H22N2O4.